The summed E-state index contributed by atoms with van der Waals surface area (Å²) < 4.78 is 13.4. The van der Waals surface area contributed by atoms with Gasteiger partial charge in [-0.15, -0.1) is 0 Å². The van der Waals surface area contributed by atoms with E-state index in [0.29, 0.717) is 0 Å². The van der Waals surface area contributed by atoms with Gasteiger partial charge in [0.1, 0.15) is 5.82 Å². The van der Waals surface area contributed by atoms with E-state index in [1.165, 1.54) is 53.7 Å². The van der Waals surface area contributed by atoms with E-state index in [0.717, 1.165) is 43.8 Å². The number of aromatic nitrogens is 3. The van der Waals surface area contributed by atoms with Crippen LogP contribution in [0.4, 0.5) is 0 Å². The third-order valence-electron chi connectivity index (χ3n) is 14.2. The Morgan fingerprint density at radius 2 is 0.648 bits per heavy atom. The van der Waals surface area contributed by atoms with E-state index in [-0.39, 0.29) is 0 Å². The van der Waals surface area contributed by atoms with Gasteiger partial charge in [-0.05, 0) is 97.7 Å². The number of fused-ring (bicyclic) bond motifs is 6. The number of benzene rings is 10. The van der Waals surface area contributed by atoms with Crippen molar-refractivity contribution in [2.45, 2.75) is 0 Å². The summed E-state index contributed by atoms with van der Waals surface area (Å²) in [5.41, 5.74) is 8.07. The maximum absolute atomic E-state index is 8.64. The van der Waals surface area contributed by atoms with Crippen molar-refractivity contribution in [3.63, 3.8) is 0 Å². The van der Waals surface area contributed by atoms with Crippen LogP contribution in [0.15, 0.2) is 285 Å². The fourth-order valence-electron chi connectivity index (χ4n) is 11.1. The number of para-hydroxylation sites is 3. The van der Waals surface area contributed by atoms with Gasteiger partial charge in [0.2, 0.25) is 0 Å². The molecular weight excluding hydrogens is 895 g/mol. The van der Waals surface area contributed by atoms with Crippen LogP contribution in [0, 0.1) is 0 Å². The Balaban J connectivity index is 1.02. The van der Waals surface area contributed by atoms with Crippen molar-refractivity contribution in [1.29, 1.82) is 0 Å². The fourth-order valence-corrected chi connectivity index (χ4v) is 21.5. The minimum absolute atomic E-state index is 0.843. The molecule has 0 bridgehead atoms. The van der Waals surface area contributed by atoms with Crippen LogP contribution in [0.3, 0.4) is 0 Å². The van der Waals surface area contributed by atoms with Crippen molar-refractivity contribution >= 4 is 91.5 Å². The molecule has 13 aromatic rings. The first-order valence-electron chi connectivity index (χ1n) is 24.3. The minimum Gasteiger partial charge on any atom is -0.434 e. The van der Waals surface area contributed by atoms with E-state index in [1.807, 2.05) is 0 Å². The molecule has 0 radical (unpaired) electrons. The molecule has 6 heteroatoms. The maximum Gasteiger partial charge on any atom is 0.297 e. The Bertz CT molecular complexity index is 3880. The van der Waals surface area contributed by atoms with E-state index in [1.54, 1.807) is 0 Å². The van der Waals surface area contributed by atoms with Crippen molar-refractivity contribution in [3.05, 3.63) is 285 Å². The number of pyridine rings is 1. The minimum atomic E-state index is -3.57. The summed E-state index contributed by atoms with van der Waals surface area (Å²) in [5.74, 6) is 0.843. The van der Waals surface area contributed by atoms with Crippen molar-refractivity contribution < 1.29 is 4.12 Å². The second-order valence-corrected chi connectivity index (χ2v) is 25.1. The van der Waals surface area contributed by atoms with E-state index >= 15 is 0 Å². The van der Waals surface area contributed by atoms with Crippen LogP contribution < -0.4 is 31.3 Å². The zero-order valence-electron chi connectivity index (χ0n) is 38.9. The first-order chi connectivity index (χ1) is 35.2. The molecule has 0 aliphatic heterocycles. The van der Waals surface area contributed by atoms with Gasteiger partial charge in [-0.1, -0.05) is 224 Å². The van der Waals surface area contributed by atoms with Gasteiger partial charge in [-0.3, -0.25) is 4.57 Å². The quantitative estimate of drug-likeness (QED) is 0.0956. The first-order valence-corrected chi connectivity index (χ1v) is 28.1. The van der Waals surface area contributed by atoms with Crippen molar-refractivity contribution in [1.82, 2.24) is 14.1 Å². The van der Waals surface area contributed by atoms with Gasteiger partial charge in [0.25, 0.3) is 16.6 Å². The SMILES string of the molecule is c1ccc(-n2c3ccccc3c3cc(-c4ccc5c(c4)c4ccccc4n5-c4cccc([Si](O[Si](c5ccccc5)(c5ccccc5)c5ccccc5)(c5ccccc5)c5ccccc5)n4)ccc32)cc1. The third kappa shape index (κ3) is 7.03. The lowest BCUT2D eigenvalue weighted by Crippen LogP contribution is -2.81. The normalized spacial score (nSPS) is 12.0. The largest absolute Gasteiger partial charge is 0.434 e. The highest BCUT2D eigenvalue weighted by atomic mass is 28.4. The predicted molar refractivity (Wildman–Crippen MR) is 301 cm³/mol. The van der Waals surface area contributed by atoms with Crippen LogP contribution in [0.2, 0.25) is 0 Å². The second kappa shape index (κ2) is 17.7. The van der Waals surface area contributed by atoms with Gasteiger partial charge < -0.3 is 8.68 Å². The molecule has 3 heterocycles. The van der Waals surface area contributed by atoms with Crippen LogP contribution in [-0.4, -0.2) is 30.8 Å². The Morgan fingerprint density at radius 1 is 0.282 bits per heavy atom. The fraction of sp³-hybridized carbons (Fsp3) is 0. The summed E-state index contributed by atoms with van der Waals surface area (Å²) in [7, 11) is -6.92. The van der Waals surface area contributed by atoms with Gasteiger partial charge in [0.05, 0.1) is 27.4 Å². The zero-order chi connectivity index (χ0) is 47.2. The molecule has 0 saturated carbocycles. The van der Waals surface area contributed by atoms with Crippen LogP contribution in [0.5, 0.6) is 0 Å². The second-order valence-electron chi connectivity index (χ2n) is 18.2. The summed E-state index contributed by atoms with van der Waals surface area (Å²) in [6.45, 7) is 0. The van der Waals surface area contributed by atoms with Crippen LogP contribution in [-0.2, 0) is 4.12 Å². The van der Waals surface area contributed by atoms with Gasteiger partial charge in [0.15, 0.2) is 0 Å². The smallest absolute Gasteiger partial charge is 0.297 e. The monoisotopic (exact) mass is 941 g/mol. The highest BCUT2D eigenvalue weighted by Crippen LogP contribution is 2.38. The van der Waals surface area contributed by atoms with Crippen LogP contribution in [0.25, 0.3) is 66.2 Å². The highest BCUT2D eigenvalue weighted by Gasteiger charge is 2.53. The molecule has 13 rings (SSSR count). The summed E-state index contributed by atoms with van der Waals surface area (Å²) in [6.07, 6.45) is 0. The van der Waals surface area contributed by atoms with Crippen molar-refractivity contribution in [2.75, 3.05) is 0 Å². The van der Waals surface area contributed by atoms with Crippen LogP contribution in [0.1, 0.15) is 0 Å². The maximum atomic E-state index is 8.64. The zero-order valence-corrected chi connectivity index (χ0v) is 40.9. The number of hydrogen-bond donors (Lipinski definition) is 0. The van der Waals surface area contributed by atoms with E-state index in [4.69, 9.17) is 9.10 Å². The van der Waals surface area contributed by atoms with Gasteiger partial charge >= 0.3 is 0 Å². The molecule has 4 nitrogen and oxygen atoms in total. The summed E-state index contributed by atoms with van der Waals surface area (Å²) >= 11 is 0. The molecule has 0 fully saturated rings. The average Bonchev–Trinajstić information content (AvgIpc) is 3.97. The lowest BCUT2D eigenvalue weighted by Gasteiger charge is -2.43. The average molecular weight is 942 g/mol. The van der Waals surface area contributed by atoms with Crippen LogP contribution >= 0.6 is 0 Å². The molecule has 10 aromatic carbocycles. The first kappa shape index (κ1) is 42.4. The molecular formula is C65H47N3OSi2. The Morgan fingerprint density at radius 3 is 1.11 bits per heavy atom. The van der Waals surface area contributed by atoms with Crippen molar-refractivity contribution in [3.8, 4) is 22.6 Å². The Kier molecular flexibility index (Phi) is 10.6. The molecule has 0 aliphatic rings. The van der Waals surface area contributed by atoms with Gasteiger partial charge in [0, 0.05) is 27.2 Å². The Hall–Kier alpha value is -8.66. The highest BCUT2D eigenvalue weighted by molar-refractivity contribution is 7.18. The summed E-state index contributed by atoms with van der Waals surface area (Å²) in [6, 6.07) is 103. The van der Waals surface area contributed by atoms with Gasteiger partial charge in [-0.25, -0.2) is 4.98 Å². The Labute approximate surface area is 415 Å². The van der Waals surface area contributed by atoms with Gasteiger partial charge in [-0.2, -0.15) is 0 Å². The molecule has 0 N–H and O–H groups in total. The van der Waals surface area contributed by atoms with E-state index in [9.17, 15) is 0 Å². The third-order valence-corrected chi connectivity index (χ3v) is 23.4. The molecule has 0 unspecified atom stereocenters. The molecule has 0 saturated heterocycles. The predicted octanol–water partition coefficient (Wildman–Crippen LogP) is 11.6. The number of hydrogen-bond acceptors (Lipinski definition) is 2. The number of rotatable bonds is 11. The molecule has 71 heavy (non-hydrogen) atoms. The molecule has 0 amide bonds. The number of nitrogens with zero attached hydrogens (tertiary/aromatic N) is 3. The molecule has 0 spiro atoms. The molecule has 3 aromatic heterocycles. The molecule has 0 atom stereocenters. The molecule has 336 valence electrons. The summed E-state index contributed by atoms with van der Waals surface area (Å²) in [5, 5.41) is 11.5. The standard InChI is InChI=1S/C65H47N3OSi2/c1-7-24-50(25-8-1)67-60-38-21-19-36-56(60)58-46-48(42-44-62(58)67)49-43-45-63-59(47-49)57-37-20-22-39-61(57)68(63)64-40-23-41-65(66-64)71(54-32-15-5-16-33-54,55-34-17-6-18-35-55)69-70(51-26-9-2-10-27-51,52-28-11-3-12-29-52)53-30-13-4-14-31-53/h1-47H. The topological polar surface area (TPSA) is 32.0 Å². The van der Waals surface area contributed by atoms with Crippen molar-refractivity contribution in [2.24, 2.45) is 0 Å². The van der Waals surface area contributed by atoms with E-state index in [2.05, 4.69) is 294 Å². The summed E-state index contributed by atoms with van der Waals surface area (Å²) in [4.78, 5) is 5.90. The van der Waals surface area contributed by atoms with E-state index < -0.39 is 16.6 Å². The lowest BCUT2D eigenvalue weighted by atomic mass is 10.0. The molecule has 0 aliphatic carbocycles. The lowest BCUT2D eigenvalue weighted by molar-refractivity contribution is 0.598.